The third kappa shape index (κ3) is 4.11. The van der Waals surface area contributed by atoms with Crippen LogP contribution in [0.2, 0.25) is 0 Å². The number of hydrogen-bond donors (Lipinski definition) is 2. The van der Waals surface area contributed by atoms with E-state index in [4.69, 9.17) is 5.73 Å². The average molecular weight is 290 g/mol. The molecule has 1 amide bonds. The Hall–Kier alpha value is -1.79. The predicted molar refractivity (Wildman–Crippen MR) is 80.5 cm³/mol. The molecule has 1 unspecified atom stereocenters. The Labute approximate surface area is 122 Å². The zero-order chi connectivity index (χ0) is 14.4. The first-order valence-corrected chi connectivity index (χ1v) is 7.43. The molecule has 0 saturated heterocycles. The van der Waals surface area contributed by atoms with Crippen molar-refractivity contribution in [1.82, 2.24) is 10.2 Å². The SMILES string of the molecule is CCc1nnc(NC(=O)CCC(N)c2ccccc2)s1. The maximum absolute atomic E-state index is 11.8. The molecule has 0 saturated carbocycles. The number of anilines is 1. The van der Waals surface area contributed by atoms with Crippen LogP contribution in [0, 0.1) is 0 Å². The van der Waals surface area contributed by atoms with Crippen molar-refractivity contribution in [2.24, 2.45) is 5.73 Å². The van der Waals surface area contributed by atoms with Gasteiger partial charge in [-0.3, -0.25) is 4.79 Å². The van der Waals surface area contributed by atoms with Crippen molar-refractivity contribution in [3.63, 3.8) is 0 Å². The fourth-order valence-electron chi connectivity index (χ4n) is 1.78. The third-order valence-electron chi connectivity index (χ3n) is 2.93. The van der Waals surface area contributed by atoms with Crippen molar-refractivity contribution in [1.29, 1.82) is 0 Å². The smallest absolute Gasteiger partial charge is 0.226 e. The van der Waals surface area contributed by atoms with E-state index in [2.05, 4.69) is 15.5 Å². The Morgan fingerprint density at radius 1 is 1.35 bits per heavy atom. The second-order valence-electron chi connectivity index (χ2n) is 4.46. The number of amides is 1. The van der Waals surface area contributed by atoms with E-state index in [9.17, 15) is 4.79 Å². The van der Waals surface area contributed by atoms with Crippen molar-refractivity contribution in [2.75, 3.05) is 5.32 Å². The summed E-state index contributed by atoms with van der Waals surface area (Å²) >= 11 is 1.41. The number of nitrogens with zero attached hydrogens (tertiary/aromatic N) is 2. The molecule has 0 fully saturated rings. The lowest BCUT2D eigenvalue weighted by molar-refractivity contribution is -0.116. The third-order valence-corrected chi connectivity index (χ3v) is 3.91. The van der Waals surface area contributed by atoms with Crippen molar-refractivity contribution in [3.05, 3.63) is 40.9 Å². The molecule has 1 aromatic heterocycles. The van der Waals surface area contributed by atoms with Crippen LogP contribution in [-0.4, -0.2) is 16.1 Å². The summed E-state index contributed by atoms with van der Waals surface area (Å²) in [6, 6.07) is 9.67. The van der Waals surface area contributed by atoms with Crippen LogP contribution in [0.5, 0.6) is 0 Å². The summed E-state index contributed by atoms with van der Waals surface area (Å²) in [4.78, 5) is 11.8. The predicted octanol–water partition coefficient (Wildman–Crippen LogP) is 2.52. The monoisotopic (exact) mass is 290 g/mol. The number of aromatic nitrogens is 2. The Balaban J connectivity index is 1.80. The quantitative estimate of drug-likeness (QED) is 0.856. The molecule has 0 aliphatic heterocycles. The molecule has 0 bridgehead atoms. The lowest BCUT2D eigenvalue weighted by Crippen LogP contribution is -2.16. The van der Waals surface area contributed by atoms with Gasteiger partial charge in [-0.25, -0.2) is 0 Å². The maximum Gasteiger partial charge on any atom is 0.226 e. The van der Waals surface area contributed by atoms with Crippen LogP contribution < -0.4 is 11.1 Å². The molecule has 1 aromatic carbocycles. The number of carbonyl (C=O) groups excluding carboxylic acids is 1. The molecule has 1 heterocycles. The van der Waals surface area contributed by atoms with Crippen molar-refractivity contribution < 1.29 is 4.79 Å². The highest BCUT2D eigenvalue weighted by Crippen LogP contribution is 2.18. The van der Waals surface area contributed by atoms with E-state index in [1.165, 1.54) is 11.3 Å². The molecule has 0 aliphatic carbocycles. The Bertz CT molecular complexity index is 555. The van der Waals surface area contributed by atoms with E-state index in [0.717, 1.165) is 17.0 Å². The van der Waals surface area contributed by atoms with Crippen LogP contribution >= 0.6 is 11.3 Å². The number of carbonyl (C=O) groups is 1. The van der Waals surface area contributed by atoms with Gasteiger partial charge in [0, 0.05) is 12.5 Å². The summed E-state index contributed by atoms with van der Waals surface area (Å²) in [5.74, 6) is -0.0739. The highest BCUT2D eigenvalue weighted by atomic mass is 32.1. The fraction of sp³-hybridized carbons (Fsp3) is 0.357. The van der Waals surface area contributed by atoms with E-state index in [-0.39, 0.29) is 11.9 Å². The van der Waals surface area contributed by atoms with Gasteiger partial charge in [-0.05, 0) is 18.4 Å². The Kier molecular flexibility index (Phi) is 5.20. The van der Waals surface area contributed by atoms with Gasteiger partial charge in [0.2, 0.25) is 11.0 Å². The standard InChI is InChI=1S/C14H18N4OS/c1-2-13-17-18-14(20-13)16-12(19)9-8-11(15)10-6-4-3-5-7-10/h3-7,11H,2,8-9,15H2,1H3,(H,16,18,19). The number of hydrogen-bond acceptors (Lipinski definition) is 5. The molecule has 0 radical (unpaired) electrons. The summed E-state index contributed by atoms with van der Waals surface area (Å²) in [5.41, 5.74) is 7.10. The molecule has 20 heavy (non-hydrogen) atoms. The molecular formula is C14H18N4OS. The van der Waals surface area contributed by atoms with Crippen LogP contribution in [0.25, 0.3) is 0 Å². The van der Waals surface area contributed by atoms with E-state index < -0.39 is 0 Å². The van der Waals surface area contributed by atoms with E-state index in [1.807, 2.05) is 37.3 Å². The molecule has 6 heteroatoms. The van der Waals surface area contributed by atoms with Crippen LogP contribution in [0.1, 0.15) is 36.4 Å². The highest BCUT2D eigenvalue weighted by molar-refractivity contribution is 7.15. The lowest BCUT2D eigenvalue weighted by atomic mass is 10.0. The molecule has 1 atom stereocenters. The zero-order valence-corrected chi connectivity index (χ0v) is 12.2. The van der Waals surface area contributed by atoms with Crippen LogP contribution in [0.15, 0.2) is 30.3 Å². The van der Waals surface area contributed by atoms with Crippen LogP contribution in [-0.2, 0) is 11.2 Å². The molecule has 5 nitrogen and oxygen atoms in total. The molecular weight excluding hydrogens is 272 g/mol. The first kappa shape index (κ1) is 14.6. The number of nitrogens with one attached hydrogen (secondary N) is 1. The van der Waals surface area contributed by atoms with Gasteiger partial charge in [-0.1, -0.05) is 48.6 Å². The van der Waals surface area contributed by atoms with Crippen LogP contribution in [0.3, 0.4) is 0 Å². The zero-order valence-electron chi connectivity index (χ0n) is 11.4. The molecule has 3 N–H and O–H groups in total. The van der Waals surface area contributed by atoms with Gasteiger partial charge in [-0.15, -0.1) is 10.2 Å². The minimum Gasteiger partial charge on any atom is -0.324 e. The van der Waals surface area contributed by atoms with Gasteiger partial charge in [0.25, 0.3) is 0 Å². The second-order valence-corrected chi connectivity index (χ2v) is 5.52. The molecule has 2 aromatic rings. The molecule has 2 rings (SSSR count). The van der Waals surface area contributed by atoms with Gasteiger partial charge in [0.1, 0.15) is 5.01 Å². The minimum absolute atomic E-state index is 0.0739. The number of rotatable bonds is 6. The maximum atomic E-state index is 11.8. The Morgan fingerprint density at radius 3 is 2.75 bits per heavy atom. The number of benzene rings is 1. The van der Waals surface area contributed by atoms with Gasteiger partial charge < -0.3 is 11.1 Å². The number of nitrogens with two attached hydrogens (primary N) is 1. The van der Waals surface area contributed by atoms with E-state index in [0.29, 0.717) is 18.0 Å². The normalized spacial score (nSPS) is 12.1. The van der Waals surface area contributed by atoms with Gasteiger partial charge in [0.15, 0.2) is 0 Å². The van der Waals surface area contributed by atoms with Crippen molar-refractivity contribution >= 4 is 22.4 Å². The second kappa shape index (κ2) is 7.12. The fourth-order valence-corrected chi connectivity index (χ4v) is 2.48. The molecule has 106 valence electrons. The van der Waals surface area contributed by atoms with E-state index >= 15 is 0 Å². The summed E-state index contributed by atoms with van der Waals surface area (Å²) in [5, 5.41) is 12.1. The topological polar surface area (TPSA) is 80.9 Å². The van der Waals surface area contributed by atoms with Gasteiger partial charge in [0.05, 0.1) is 0 Å². The summed E-state index contributed by atoms with van der Waals surface area (Å²) in [7, 11) is 0. The summed E-state index contributed by atoms with van der Waals surface area (Å²) < 4.78 is 0. The van der Waals surface area contributed by atoms with E-state index in [1.54, 1.807) is 0 Å². The summed E-state index contributed by atoms with van der Waals surface area (Å²) in [6.07, 6.45) is 1.80. The summed E-state index contributed by atoms with van der Waals surface area (Å²) in [6.45, 7) is 2.00. The highest BCUT2D eigenvalue weighted by Gasteiger charge is 2.11. The van der Waals surface area contributed by atoms with Gasteiger partial charge in [-0.2, -0.15) is 0 Å². The van der Waals surface area contributed by atoms with Crippen LogP contribution in [0.4, 0.5) is 5.13 Å². The Morgan fingerprint density at radius 2 is 2.10 bits per heavy atom. The first-order chi connectivity index (χ1) is 9.69. The lowest BCUT2D eigenvalue weighted by Gasteiger charge is -2.11. The molecule has 0 aliphatic rings. The minimum atomic E-state index is -0.123. The average Bonchev–Trinajstić information content (AvgIpc) is 2.93. The largest absolute Gasteiger partial charge is 0.324 e. The van der Waals surface area contributed by atoms with Crippen molar-refractivity contribution in [3.8, 4) is 0 Å². The van der Waals surface area contributed by atoms with Gasteiger partial charge >= 0.3 is 0 Å². The molecule has 0 spiro atoms. The first-order valence-electron chi connectivity index (χ1n) is 6.61. The number of aryl methyl sites for hydroxylation is 1. The van der Waals surface area contributed by atoms with Crippen molar-refractivity contribution in [2.45, 2.75) is 32.2 Å².